The van der Waals surface area contributed by atoms with Crippen molar-refractivity contribution in [3.63, 3.8) is 0 Å². The summed E-state index contributed by atoms with van der Waals surface area (Å²) < 4.78 is 22.1. The Labute approximate surface area is 210 Å². The van der Waals surface area contributed by atoms with Gasteiger partial charge in [0.1, 0.15) is 5.82 Å². The van der Waals surface area contributed by atoms with Crippen molar-refractivity contribution >= 4 is 16.8 Å². The molecule has 0 bridgehead atoms. The maximum atomic E-state index is 14.6. The zero-order valence-corrected chi connectivity index (χ0v) is 20.5. The Morgan fingerprint density at radius 1 is 1.11 bits per heavy atom. The molecule has 2 saturated carbocycles. The van der Waals surface area contributed by atoms with E-state index in [4.69, 9.17) is 4.74 Å². The number of halogens is 1. The molecule has 6 rings (SSSR count). The Hall–Kier alpha value is -3.67. The minimum atomic E-state index is -0.310. The lowest BCUT2D eigenvalue weighted by atomic mass is 9.54. The Balaban J connectivity index is 1.23. The smallest absolute Gasteiger partial charge is 0.253 e. The van der Waals surface area contributed by atoms with Crippen LogP contribution in [0.3, 0.4) is 0 Å². The second kappa shape index (κ2) is 9.08. The monoisotopic (exact) mass is 483 g/mol. The van der Waals surface area contributed by atoms with Gasteiger partial charge in [-0.25, -0.2) is 9.37 Å². The van der Waals surface area contributed by atoms with E-state index < -0.39 is 0 Å². The average molecular weight is 484 g/mol. The van der Waals surface area contributed by atoms with E-state index in [0.717, 1.165) is 29.5 Å². The first kappa shape index (κ1) is 22.8. The first-order chi connectivity index (χ1) is 17.5. The van der Waals surface area contributed by atoms with E-state index in [-0.39, 0.29) is 17.8 Å². The number of hydrogen-bond donors (Lipinski definition) is 1. The highest BCUT2D eigenvalue weighted by atomic mass is 19.1. The van der Waals surface area contributed by atoms with Crippen molar-refractivity contribution in [2.75, 3.05) is 6.61 Å². The van der Waals surface area contributed by atoms with Gasteiger partial charge in [0.05, 0.1) is 17.7 Å². The van der Waals surface area contributed by atoms with Crippen molar-refractivity contribution in [1.29, 1.82) is 0 Å². The number of aromatic nitrogens is 2. The standard InChI is InChI=1S/C30H30FN3O2/c1-2-36-27-16-22(10-14-32-27)21-6-4-20(5-7-21)19-34-15-11-24-26(31)9-8-25(28(24)34)29(35)33-23-17-30(18-23)12-3-13-30/h4-11,14-16,23H,2-3,12-13,17-19H2,1H3,(H,33,35). The third kappa shape index (κ3) is 4.15. The molecule has 2 aliphatic rings. The zero-order valence-electron chi connectivity index (χ0n) is 20.5. The lowest BCUT2D eigenvalue weighted by molar-refractivity contribution is -0.000603. The van der Waals surface area contributed by atoms with Crippen LogP contribution < -0.4 is 10.1 Å². The Bertz CT molecular complexity index is 1410. The van der Waals surface area contributed by atoms with Crippen LogP contribution in [0.1, 0.15) is 54.9 Å². The summed E-state index contributed by atoms with van der Waals surface area (Å²) in [4.78, 5) is 17.4. The van der Waals surface area contributed by atoms with E-state index in [1.807, 2.05) is 29.8 Å². The van der Waals surface area contributed by atoms with E-state index in [1.165, 1.54) is 25.3 Å². The topological polar surface area (TPSA) is 56.1 Å². The number of rotatable bonds is 7. The zero-order chi connectivity index (χ0) is 24.7. The van der Waals surface area contributed by atoms with Crippen LogP contribution in [0, 0.1) is 11.2 Å². The van der Waals surface area contributed by atoms with Crippen LogP contribution >= 0.6 is 0 Å². The second-order valence-corrected chi connectivity index (χ2v) is 10.2. The highest BCUT2D eigenvalue weighted by Crippen LogP contribution is 2.55. The molecule has 1 N–H and O–H groups in total. The number of fused-ring (bicyclic) bond motifs is 1. The molecule has 5 nitrogen and oxygen atoms in total. The molecular formula is C30H30FN3O2. The lowest BCUT2D eigenvalue weighted by Gasteiger charge is -2.54. The number of nitrogens with zero attached hydrogens (tertiary/aromatic N) is 2. The molecule has 6 heteroatoms. The predicted octanol–water partition coefficient (Wildman–Crippen LogP) is 6.35. The molecule has 2 aromatic carbocycles. The molecule has 0 aliphatic heterocycles. The molecule has 1 spiro atoms. The van der Waals surface area contributed by atoms with E-state index in [2.05, 4.69) is 34.6 Å². The van der Waals surface area contributed by atoms with Gasteiger partial charge in [-0.1, -0.05) is 30.7 Å². The van der Waals surface area contributed by atoms with Gasteiger partial charge in [0, 0.05) is 36.4 Å². The van der Waals surface area contributed by atoms with Crippen LogP contribution in [0.4, 0.5) is 4.39 Å². The van der Waals surface area contributed by atoms with Crippen LogP contribution in [0.5, 0.6) is 5.88 Å². The van der Waals surface area contributed by atoms with Gasteiger partial charge < -0.3 is 14.6 Å². The van der Waals surface area contributed by atoms with Crippen molar-refractivity contribution < 1.29 is 13.9 Å². The fraction of sp³-hybridized carbons (Fsp3) is 0.333. The number of amides is 1. The molecule has 2 aliphatic carbocycles. The fourth-order valence-electron chi connectivity index (χ4n) is 5.86. The van der Waals surface area contributed by atoms with Gasteiger partial charge in [0.2, 0.25) is 5.88 Å². The maximum absolute atomic E-state index is 14.6. The van der Waals surface area contributed by atoms with Crippen molar-refractivity contribution in [1.82, 2.24) is 14.9 Å². The van der Waals surface area contributed by atoms with Crippen molar-refractivity contribution in [3.8, 4) is 17.0 Å². The first-order valence-electron chi connectivity index (χ1n) is 12.8. The predicted molar refractivity (Wildman–Crippen MR) is 139 cm³/mol. The second-order valence-electron chi connectivity index (χ2n) is 10.2. The van der Waals surface area contributed by atoms with Crippen molar-refractivity contribution in [2.45, 2.75) is 51.6 Å². The summed E-state index contributed by atoms with van der Waals surface area (Å²) in [6, 6.07) is 17.1. The fourth-order valence-corrected chi connectivity index (χ4v) is 5.86. The minimum Gasteiger partial charge on any atom is -0.478 e. The van der Waals surface area contributed by atoms with Crippen molar-refractivity contribution in [3.05, 3.63) is 83.9 Å². The Morgan fingerprint density at radius 2 is 1.92 bits per heavy atom. The number of nitrogens with one attached hydrogen (secondary N) is 1. The molecule has 1 amide bonds. The Morgan fingerprint density at radius 3 is 2.64 bits per heavy atom. The summed E-state index contributed by atoms with van der Waals surface area (Å²) in [7, 11) is 0. The van der Waals surface area contributed by atoms with Gasteiger partial charge in [0.25, 0.3) is 5.91 Å². The molecule has 2 heterocycles. The number of ether oxygens (including phenoxy) is 1. The van der Waals surface area contributed by atoms with E-state index in [0.29, 0.717) is 40.9 Å². The van der Waals surface area contributed by atoms with Gasteiger partial charge in [-0.05, 0) is 79.0 Å². The average Bonchev–Trinajstić information content (AvgIpc) is 3.25. The summed E-state index contributed by atoms with van der Waals surface area (Å²) in [5.74, 6) is 0.184. The normalized spacial score (nSPS) is 16.5. The molecule has 0 unspecified atom stereocenters. The maximum Gasteiger partial charge on any atom is 0.253 e. The van der Waals surface area contributed by atoms with Crippen LogP contribution in [0.25, 0.3) is 22.0 Å². The van der Waals surface area contributed by atoms with Gasteiger partial charge in [0.15, 0.2) is 0 Å². The molecule has 4 aromatic rings. The minimum absolute atomic E-state index is 0.114. The van der Waals surface area contributed by atoms with Crippen LogP contribution in [-0.4, -0.2) is 28.1 Å². The van der Waals surface area contributed by atoms with E-state index in [9.17, 15) is 9.18 Å². The number of pyridine rings is 1. The van der Waals surface area contributed by atoms with Crippen LogP contribution in [0.2, 0.25) is 0 Å². The first-order valence-corrected chi connectivity index (χ1v) is 12.8. The molecular weight excluding hydrogens is 453 g/mol. The summed E-state index contributed by atoms with van der Waals surface area (Å²) >= 11 is 0. The summed E-state index contributed by atoms with van der Waals surface area (Å²) in [6.45, 7) is 3.05. The van der Waals surface area contributed by atoms with Gasteiger partial charge in [-0.2, -0.15) is 0 Å². The Kier molecular flexibility index (Phi) is 5.75. The third-order valence-electron chi connectivity index (χ3n) is 7.89. The van der Waals surface area contributed by atoms with Crippen molar-refractivity contribution in [2.24, 2.45) is 5.41 Å². The third-order valence-corrected chi connectivity index (χ3v) is 7.89. The van der Waals surface area contributed by atoms with Crippen LogP contribution in [-0.2, 0) is 6.54 Å². The number of hydrogen-bond acceptors (Lipinski definition) is 3. The van der Waals surface area contributed by atoms with Crippen LogP contribution in [0.15, 0.2) is 67.0 Å². The quantitative estimate of drug-likeness (QED) is 0.333. The van der Waals surface area contributed by atoms with Gasteiger partial charge >= 0.3 is 0 Å². The summed E-state index contributed by atoms with van der Waals surface area (Å²) in [5.41, 5.74) is 4.83. The molecule has 0 saturated heterocycles. The molecule has 2 aromatic heterocycles. The summed E-state index contributed by atoms with van der Waals surface area (Å²) in [5, 5.41) is 3.67. The highest BCUT2D eigenvalue weighted by molar-refractivity contribution is 6.06. The SMILES string of the molecule is CCOc1cc(-c2ccc(Cn3ccc4c(F)ccc(C(=O)NC5CC6(CCC6)C5)c43)cc2)ccn1. The van der Waals surface area contributed by atoms with E-state index in [1.54, 1.807) is 18.3 Å². The summed E-state index contributed by atoms with van der Waals surface area (Å²) in [6.07, 6.45) is 9.64. The molecule has 0 radical (unpaired) electrons. The van der Waals surface area contributed by atoms with Gasteiger partial charge in [-0.3, -0.25) is 4.79 Å². The highest BCUT2D eigenvalue weighted by Gasteiger charge is 2.48. The number of carbonyl (C=O) groups excluding carboxylic acids is 1. The molecule has 0 atom stereocenters. The molecule has 184 valence electrons. The van der Waals surface area contributed by atoms with E-state index >= 15 is 0 Å². The molecule has 36 heavy (non-hydrogen) atoms. The molecule has 2 fully saturated rings. The van der Waals surface area contributed by atoms with Gasteiger partial charge in [-0.15, -0.1) is 0 Å². The number of benzene rings is 2. The largest absolute Gasteiger partial charge is 0.478 e. The number of carbonyl (C=O) groups is 1. The lowest BCUT2D eigenvalue weighted by Crippen LogP contribution is -2.53.